The molecule has 1 aromatic carbocycles. The number of methoxy groups -OCH3 is 1. The van der Waals surface area contributed by atoms with Crippen molar-refractivity contribution in [3.05, 3.63) is 47.5 Å². The average Bonchev–Trinajstić information content (AvgIpc) is 3.05. The van der Waals surface area contributed by atoms with E-state index >= 15 is 0 Å². The predicted octanol–water partition coefficient (Wildman–Crippen LogP) is 2.08. The summed E-state index contributed by atoms with van der Waals surface area (Å²) in [7, 11) is 1.23. The maximum Gasteiger partial charge on any atom is 0.254 e. The minimum atomic E-state index is -1.22. The Balaban J connectivity index is 1.86. The minimum absolute atomic E-state index is 0.0122. The maximum atomic E-state index is 14.2. The third-order valence-electron chi connectivity index (χ3n) is 4.88. The zero-order chi connectivity index (χ0) is 22.1. The molecule has 8 nitrogen and oxygen atoms in total. The summed E-state index contributed by atoms with van der Waals surface area (Å²) >= 11 is 0. The van der Waals surface area contributed by atoms with Crippen LogP contribution in [-0.4, -0.2) is 51.5 Å². The zero-order valence-corrected chi connectivity index (χ0v) is 16.7. The highest BCUT2D eigenvalue weighted by Crippen LogP contribution is 2.45. The lowest BCUT2D eigenvalue weighted by atomic mass is 9.86. The second-order valence-corrected chi connectivity index (χ2v) is 7.61. The van der Waals surface area contributed by atoms with Gasteiger partial charge in [-0.15, -0.1) is 0 Å². The van der Waals surface area contributed by atoms with E-state index in [2.05, 4.69) is 15.3 Å². The van der Waals surface area contributed by atoms with E-state index in [1.807, 2.05) is 0 Å². The van der Waals surface area contributed by atoms with Crippen LogP contribution in [0.15, 0.2) is 24.5 Å². The average molecular weight is 423 g/mol. The number of benzene rings is 1. The van der Waals surface area contributed by atoms with Gasteiger partial charge in [0.05, 0.1) is 37.4 Å². The van der Waals surface area contributed by atoms with Gasteiger partial charge in [-0.3, -0.25) is 4.79 Å². The molecule has 1 fully saturated rings. The summed E-state index contributed by atoms with van der Waals surface area (Å²) < 4.78 is 38.8. The first-order chi connectivity index (χ1) is 14.2. The molecule has 1 amide bonds. The van der Waals surface area contributed by atoms with Crippen molar-refractivity contribution in [2.45, 2.75) is 44.0 Å². The van der Waals surface area contributed by atoms with Gasteiger partial charge in [0.2, 0.25) is 5.82 Å². The minimum Gasteiger partial charge on any atom is -0.493 e. The van der Waals surface area contributed by atoms with Crippen LogP contribution in [0.5, 0.6) is 5.75 Å². The second kappa shape index (κ2) is 8.58. The monoisotopic (exact) mass is 423 g/mol. The summed E-state index contributed by atoms with van der Waals surface area (Å²) in [5.41, 5.74) is -0.105. The fraction of sp³-hybridized carbons (Fsp3) is 0.450. The number of amides is 1. The van der Waals surface area contributed by atoms with E-state index in [1.165, 1.54) is 25.6 Å². The third-order valence-corrected chi connectivity index (χ3v) is 4.88. The van der Waals surface area contributed by atoms with Crippen LogP contribution in [0.1, 0.15) is 43.7 Å². The predicted molar refractivity (Wildman–Crippen MR) is 102 cm³/mol. The lowest BCUT2D eigenvalue weighted by Gasteiger charge is -2.21. The zero-order valence-electron chi connectivity index (χ0n) is 16.7. The van der Waals surface area contributed by atoms with Crippen LogP contribution in [0.25, 0.3) is 0 Å². The molecule has 0 aliphatic carbocycles. The van der Waals surface area contributed by atoms with E-state index < -0.39 is 47.9 Å². The number of aliphatic hydroxyl groups excluding tert-OH is 2. The summed E-state index contributed by atoms with van der Waals surface area (Å²) in [5.74, 6) is -3.51. The van der Waals surface area contributed by atoms with Crippen LogP contribution < -0.4 is 10.1 Å². The van der Waals surface area contributed by atoms with Crippen molar-refractivity contribution in [1.29, 1.82) is 0 Å². The normalized spacial score (nSPS) is 21.3. The molecule has 1 unspecified atom stereocenters. The maximum absolute atomic E-state index is 14.2. The molecule has 1 aliphatic heterocycles. The standard InChI is InChI=1S/C20H23F2N3O5/c1-20(2)6-12(11-4-5-13(21)15(22)16(11)29-3)17(30-20)19(28)25-10-7-23-18(24-8-10)14(27)9-26/h4-5,7-8,12,14,17,26-27H,6,9H2,1-3H3,(H,25,28)/t12-,14-,17?/m1/s1. The van der Waals surface area contributed by atoms with E-state index in [0.29, 0.717) is 12.0 Å². The van der Waals surface area contributed by atoms with Crippen LogP contribution in [-0.2, 0) is 9.53 Å². The van der Waals surface area contributed by atoms with E-state index in [1.54, 1.807) is 13.8 Å². The molecule has 162 valence electrons. The molecule has 1 aliphatic rings. The topological polar surface area (TPSA) is 114 Å². The third kappa shape index (κ3) is 4.40. The van der Waals surface area contributed by atoms with Crippen molar-refractivity contribution in [2.24, 2.45) is 0 Å². The number of carbonyl (C=O) groups is 1. The Hall–Kier alpha value is -2.69. The van der Waals surface area contributed by atoms with Gasteiger partial charge in [-0.05, 0) is 26.3 Å². The van der Waals surface area contributed by atoms with Crippen LogP contribution in [0, 0.1) is 11.6 Å². The number of nitrogens with zero attached hydrogens (tertiary/aromatic N) is 2. The lowest BCUT2D eigenvalue weighted by molar-refractivity contribution is -0.130. The van der Waals surface area contributed by atoms with Gasteiger partial charge in [0.15, 0.2) is 17.4 Å². The van der Waals surface area contributed by atoms with E-state index in [9.17, 15) is 18.7 Å². The summed E-state index contributed by atoms with van der Waals surface area (Å²) in [6.45, 7) is 3.07. The number of aromatic nitrogens is 2. The quantitative estimate of drug-likeness (QED) is 0.652. The number of aliphatic hydroxyl groups is 2. The summed E-state index contributed by atoms with van der Waals surface area (Å²) in [6.07, 6.45) is 0.726. The van der Waals surface area contributed by atoms with Crippen molar-refractivity contribution < 1.29 is 33.3 Å². The van der Waals surface area contributed by atoms with Gasteiger partial charge < -0.3 is 25.0 Å². The highest BCUT2D eigenvalue weighted by Gasteiger charge is 2.46. The molecule has 2 heterocycles. The van der Waals surface area contributed by atoms with E-state index in [4.69, 9.17) is 14.6 Å². The molecule has 3 atom stereocenters. The molecule has 10 heteroatoms. The number of hydrogen-bond acceptors (Lipinski definition) is 7. The van der Waals surface area contributed by atoms with Gasteiger partial charge in [-0.2, -0.15) is 4.39 Å². The Morgan fingerprint density at radius 3 is 2.63 bits per heavy atom. The van der Waals surface area contributed by atoms with E-state index in [-0.39, 0.29) is 17.3 Å². The van der Waals surface area contributed by atoms with Crippen molar-refractivity contribution in [2.75, 3.05) is 19.0 Å². The van der Waals surface area contributed by atoms with Crippen LogP contribution in [0.2, 0.25) is 0 Å². The van der Waals surface area contributed by atoms with Crippen LogP contribution >= 0.6 is 0 Å². The van der Waals surface area contributed by atoms with Gasteiger partial charge in [0, 0.05) is 11.5 Å². The summed E-state index contributed by atoms with van der Waals surface area (Å²) in [5, 5.41) is 21.1. The number of rotatable bonds is 6. The number of carbonyl (C=O) groups excluding carboxylic acids is 1. The lowest BCUT2D eigenvalue weighted by Crippen LogP contribution is -2.33. The number of anilines is 1. The number of hydrogen-bond donors (Lipinski definition) is 3. The molecular formula is C20H23F2N3O5. The molecule has 1 aromatic heterocycles. The SMILES string of the molecule is COc1c([C@H]2CC(C)(C)OC2C(=O)Nc2cnc([C@H](O)CO)nc2)ccc(F)c1F. The number of nitrogens with one attached hydrogen (secondary N) is 1. The van der Waals surface area contributed by atoms with Crippen LogP contribution in [0.3, 0.4) is 0 Å². The molecule has 1 saturated heterocycles. The number of ether oxygens (including phenoxy) is 2. The molecule has 0 spiro atoms. The van der Waals surface area contributed by atoms with Gasteiger partial charge in [0.1, 0.15) is 12.2 Å². The van der Waals surface area contributed by atoms with Gasteiger partial charge in [0.25, 0.3) is 5.91 Å². The number of halogens is 2. The Kier molecular flexibility index (Phi) is 6.30. The molecule has 0 bridgehead atoms. The van der Waals surface area contributed by atoms with Gasteiger partial charge in [-0.1, -0.05) is 6.07 Å². The highest BCUT2D eigenvalue weighted by molar-refractivity contribution is 5.95. The first kappa shape index (κ1) is 22.0. The van der Waals surface area contributed by atoms with Gasteiger partial charge >= 0.3 is 0 Å². The van der Waals surface area contributed by atoms with Crippen LogP contribution in [0.4, 0.5) is 14.5 Å². The second-order valence-electron chi connectivity index (χ2n) is 7.61. The van der Waals surface area contributed by atoms with E-state index in [0.717, 1.165) is 6.07 Å². The molecular weight excluding hydrogens is 400 g/mol. The molecule has 3 N–H and O–H groups in total. The molecule has 0 saturated carbocycles. The molecule has 30 heavy (non-hydrogen) atoms. The van der Waals surface area contributed by atoms with Crippen molar-refractivity contribution in [3.63, 3.8) is 0 Å². The van der Waals surface area contributed by atoms with Crippen molar-refractivity contribution in [3.8, 4) is 5.75 Å². The highest BCUT2D eigenvalue weighted by atomic mass is 19.2. The Labute approximate surface area is 171 Å². The molecule has 0 radical (unpaired) electrons. The largest absolute Gasteiger partial charge is 0.493 e. The molecule has 3 rings (SSSR count). The summed E-state index contributed by atoms with van der Waals surface area (Å²) in [4.78, 5) is 20.7. The fourth-order valence-corrected chi connectivity index (χ4v) is 3.54. The summed E-state index contributed by atoms with van der Waals surface area (Å²) in [6, 6.07) is 2.38. The first-order valence-electron chi connectivity index (χ1n) is 9.28. The van der Waals surface area contributed by atoms with Crippen molar-refractivity contribution >= 4 is 11.6 Å². The smallest absolute Gasteiger partial charge is 0.254 e. The van der Waals surface area contributed by atoms with Crippen molar-refractivity contribution in [1.82, 2.24) is 9.97 Å². The Morgan fingerprint density at radius 1 is 1.37 bits per heavy atom. The van der Waals surface area contributed by atoms with Gasteiger partial charge in [-0.25, -0.2) is 14.4 Å². The molecule has 2 aromatic rings. The first-order valence-corrected chi connectivity index (χ1v) is 9.28. The fourth-order valence-electron chi connectivity index (χ4n) is 3.54. The Bertz CT molecular complexity index is 923. The Morgan fingerprint density at radius 2 is 2.03 bits per heavy atom.